The minimum atomic E-state index is -0.121. The molecule has 96 valence electrons. The van der Waals surface area contributed by atoms with Crippen LogP contribution in [0.4, 0.5) is 5.69 Å². The van der Waals surface area contributed by atoms with Crippen molar-refractivity contribution in [1.29, 1.82) is 0 Å². The summed E-state index contributed by atoms with van der Waals surface area (Å²) < 4.78 is 0. The van der Waals surface area contributed by atoms with Crippen molar-refractivity contribution in [2.45, 2.75) is 19.4 Å². The lowest BCUT2D eigenvalue weighted by atomic mass is 9.97. The van der Waals surface area contributed by atoms with Gasteiger partial charge in [0.1, 0.15) is 0 Å². The first-order valence-electron chi connectivity index (χ1n) is 6.19. The Kier molecular flexibility index (Phi) is 2.80. The van der Waals surface area contributed by atoms with Crippen LogP contribution in [0.25, 0.3) is 11.1 Å². The van der Waals surface area contributed by atoms with Gasteiger partial charge >= 0.3 is 0 Å². The van der Waals surface area contributed by atoms with Gasteiger partial charge in [-0.2, -0.15) is 0 Å². The van der Waals surface area contributed by atoms with Crippen molar-refractivity contribution in [2.75, 3.05) is 5.32 Å². The second-order valence-corrected chi connectivity index (χ2v) is 4.75. The van der Waals surface area contributed by atoms with E-state index in [2.05, 4.69) is 10.3 Å². The van der Waals surface area contributed by atoms with Gasteiger partial charge in [-0.05, 0) is 41.8 Å². The van der Waals surface area contributed by atoms with Crippen molar-refractivity contribution in [3.8, 4) is 11.1 Å². The van der Waals surface area contributed by atoms with Gasteiger partial charge in [0.15, 0.2) is 0 Å². The molecule has 19 heavy (non-hydrogen) atoms. The van der Waals surface area contributed by atoms with Crippen LogP contribution >= 0.6 is 0 Å². The number of rotatable bonds is 2. The number of anilines is 1. The van der Waals surface area contributed by atoms with E-state index in [-0.39, 0.29) is 18.4 Å². The molecule has 1 unspecified atom stereocenters. The molecule has 0 radical (unpaired) electrons. The molecule has 2 N–H and O–H groups in total. The van der Waals surface area contributed by atoms with Gasteiger partial charge < -0.3 is 10.4 Å². The van der Waals surface area contributed by atoms with Gasteiger partial charge in [0.25, 0.3) is 0 Å². The van der Waals surface area contributed by atoms with E-state index in [1.807, 2.05) is 31.2 Å². The van der Waals surface area contributed by atoms with Crippen LogP contribution in [0.3, 0.4) is 0 Å². The van der Waals surface area contributed by atoms with Crippen molar-refractivity contribution in [3.05, 3.63) is 47.8 Å². The second-order valence-electron chi connectivity index (χ2n) is 4.75. The number of fused-ring (bicyclic) bond motifs is 1. The Morgan fingerprint density at radius 1 is 1.26 bits per heavy atom. The molecule has 1 aromatic heterocycles. The average molecular weight is 254 g/mol. The third kappa shape index (κ3) is 2.00. The molecule has 4 heteroatoms. The van der Waals surface area contributed by atoms with Gasteiger partial charge in [-0.1, -0.05) is 6.07 Å². The summed E-state index contributed by atoms with van der Waals surface area (Å²) in [6.45, 7) is 1.87. The Bertz CT molecular complexity index is 652. The number of carbonyl (C=O) groups excluding carboxylic acids is 1. The first kappa shape index (κ1) is 11.9. The number of aliphatic hydroxyl groups is 1. The summed E-state index contributed by atoms with van der Waals surface area (Å²) >= 11 is 0. The summed E-state index contributed by atoms with van der Waals surface area (Å²) in [6, 6.07) is 7.78. The number of hydrogen-bond donors (Lipinski definition) is 2. The molecule has 2 heterocycles. The number of benzene rings is 1. The first-order chi connectivity index (χ1) is 9.19. The number of nitrogens with one attached hydrogen (secondary N) is 1. The van der Waals surface area contributed by atoms with E-state index in [9.17, 15) is 4.79 Å². The summed E-state index contributed by atoms with van der Waals surface area (Å²) in [5.74, 6) is -0.0849. The van der Waals surface area contributed by atoms with Crippen molar-refractivity contribution < 1.29 is 9.90 Å². The minimum absolute atomic E-state index is 0.0256. The van der Waals surface area contributed by atoms with E-state index in [1.165, 1.54) is 0 Å². The Morgan fingerprint density at radius 3 is 2.89 bits per heavy atom. The molecule has 2 aromatic rings. The maximum absolute atomic E-state index is 11.6. The predicted octanol–water partition coefficient (Wildman–Crippen LogP) is 2.30. The van der Waals surface area contributed by atoms with E-state index < -0.39 is 0 Å². The molecule has 0 aliphatic carbocycles. The van der Waals surface area contributed by atoms with E-state index >= 15 is 0 Å². The van der Waals surface area contributed by atoms with Gasteiger partial charge in [0, 0.05) is 23.6 Å². The Morgan fingerprint density at radius 2 is 2.11 bits per heavy atom. The second kappa shape index (κ2) is 4.48. The van der Waals surface area contributed by atoms with E-state index in [0.717, 1.165) is 27.9 Å². The third-order valence-corrected chi connectivity index (χ3v) is 3.48. The maximum atomic E-state index is 11.6. The van der Waals surface area contributed by atoms with Crippen LogP contribution in [0.2, 0.25) is 0 Å². The lowest BCUT2D eigenvalue weighted by molar-refractivity contribution is -0.116. The summed E-state index contributed by atoms with van der Waals surface area (Å²) in [5.41, 5.74) is 4.62. The molecule has 4 nitrogen and oxygen atoms in total. The van der Waals surface area contributed by atoms with Crippen molar-refractivity contribution in [2.24, 2.45) is 0 Å². The standard InChI is InChI=1S/C15H14N2O2/c1-9-13-5-11(2-3-14(13)17-15(9)19)12-4-10(8-18)6-16-7-12/h2-7,9,18H,8H2,1H3,(H,17,19). The maximum Gasteiger partial charge on any atom is 0.231 e. The molecule has 1 aromatic carbocycles. The molecule has 1 aliphatic heterocycles. The number of nitrogens with zero attached hydrogens (tertiary/aromatic N) is 1. The lowest BCUT2D eigenvalue weighted by Gasteiger charge is -2.07. The van der Waals surface area contributed by atoms with E-state index in [1.54, 1.807) is 12.4 Å². The van der Waals surface area contributed by atoms with Gasteiger partial charge in [0.05, 0.1) is 12.5 Å². The molecule has 0 spiro atoms. The SMILES string of the molecule is CC1C(=O)Nc2ccc(-c3cncc(CO)c3)cc21. The van der Waals surface area contributed by atoms with Crippen LogP contribution in [0.1, 0.15) is 24.0 Å². The Labute approximate surface area is 111 Å². The predicted molar refractivity (Wildman–Crippen MR) is 72.6 cm³/mol. The molecule has 1 amide bonds. The highest BCUT2D eigenvalue weighted by Gasteiger charge is 2.26. The van der Waals surface area contributed by atoms with Crippen LogP contribution in [-0.4, -0.2) is 16.0 Å². The molecule has 3 rings (SSSR count). The molecule has 1 aliphatic rings. The van der Waals surface area contributed by atoms with Gasteiger partial charge in [-0.15, -0.1) is 0 Å². The third-order valence-electron chi connectivity index (χ3n) is 3.48. The topological polar surface area (TPSA) is 62.2 Å². The average Bonchev–Trinajstić information content (AvgIpc) is 2.74. The zero-order valence-electron chi connectivity index (χ0n) is 10.6. The summed E-state index contributed by atoms with van der Waals surface area (Å²) in [5, 5.41) is 12.0. The van der Waals surface area contributed by atoms with E-state index in [4.69, 9.17) is 5.11 Å². The number of amides is 1. The van der Waals surface area contributed by atoms with E-state index in [0.29, 0.717) is 0 Å². The summed E-state index contributed by atoms with van der Waals surface area (Å²) in [7, 11) is 0. The van der Waals surface area contributed by atoms with Crippen LogP contribution in [0.5, 0.6) is 0 Å². The monoisotopic (exact) mass is 254 g/mol. The lowest BCUT2D eigenvalue weighted by Crippen LogP contribution is -2.08. The van der Waals surface area contributed by atoms with Crippen LogP contribution in [0.15, 0.2) is 36.7 Å². The van der Waals surface area contributed by atoms with Gasteiger partial charge in [-0.25, -0.2) is 0 Å². The molecule has 0 saturated heterocycles. The van der Waals surface area contributed by atoms with Crippen molar-refractivity contribution in [3.63, 3.8) is 0 Å². The Hall–Kier alpha value is -2.20. The molecular formula is C15H14N2O2. The highest BCUT2D eigenvalue weighted by Crippen LogP contribution is 2.35. The fourth-order valence-electron chi connectivity index (χ4n) is 2.33. The summed E-state index contributed by atoms with van der Waals surface area (Å²) in [6.07, 6.45) is 3.40. The summed E-state index contributed by atoms with van der Waals surface area (Å²) in [4.78, 5) is 15.7. The quantitative estimate of drug-likeness (QED) is 0.864. The number of aliphatic hydroxyl groups excluding tert-OH is 1. The van der Waals surface area contributed by atoms with Crippen LogP contribution in [0, 0.1) is 0 Å². The number of aromatic nitrogens is 1. The number of hydrogen-bond acceptors (Lipinski definition) is 3. The molecule has 0 fully saturated rings. The number of pyridine rings is 1. The first-order valence-corrected chi connectivity index (χ1v) is 6.19. The largest absolute Gasteiger partial charge is 0.392 e. The smallest absolute Gasteiger partial charge is 0.231 e. The van der Waals surface area contributed by atoms with Gasteiger partial charge in [-0.3, -0.25) is 9.78 Å². The molecular weight excluding hydrogens is 240 g/mol. The zero-order chi connectivity index (χ0) is 13.4. The Balaban J connectivity index is 2.05. The number of carbonyl (C=O) groups is 1. The highest BCUT2D eigenvalue weighted by molar-refractivity contribution is 6.03. The normalized spacial score (nSPS) is 17.2. The fourth-order valence-corrected chi connectivity index (χ4v) is 2.33. The van der Waals surface area contributed by atoms with Gasteiger partial charge in [0.2, 0.25) is 5.91 Å². The van der Waals surface area contributed by atoms with Crippen LogP contribution < -0.4 is 5.32 Å². The zero-order valence-corrected chi connectivity index (χ0v) is 10.6. The fraction of sp³-hybridized carbons (Fsp3) is 0.200. The minimum Gasteiger partial charge on any atom is -0.392 e. The van der Waals surface area contributed by atoms with Crippen molar-refractivity contribution in [1.82, 2.24) is 4.98 Å². The molecule has 0 saturated carbocycles. The highest BCUT2D eigenvalue weighted by atomic mass is 16.3. The molecule has 1 atom stereocenters. The van der Waals surface area contributed by atoms with Crippen LogP contribution in [-0.2, 0) is 11.4 Å². The molecule has 0 bridgehead atoms. The van der Waals surface area contributed by atoms with Crippen molar-refractivity contribution >= 4 is 11.6 Å².